The van der Waals surface area contributed by atoms with Crippen LogP contribution in [0.25, 0.3) is 44.2 Å². The Morgan fingerprint density at radius 2 is 1.23 bits per heavy atom. The molecule has 5 aromatic rings. The zero-order valence-corrected chi connectivity index (χ0v) is 15.5. The van der Waals surface area contributed by atoms with Crippen molar-refractivity contribution in [3.8, 4) is 22.3 Å². The highest BCUT2D eigenvalue weighted by atomic mass is 79.9. The normalized spacial score (nSPS) is 11.3. The van der Waals surface area contributed by atoms with E-state index in [0.717, 1.165) is 26.4 Å². The SMILES string of the molecule is Brc1ccc(-c2ccc3oc4ccccc4c3c2)cc1-c1ccccc1. The van der Waals surface area contributed by atoms with Crippen LogP contribution in [0.4, 0.5) is 0 Å². The second-order valence-electron chi connectivity index (χ2n) is 6.37. The molecular formula is C24H15BrO. The highest BCUT2D eigenvalue weighted by Crippen LogP contribution is 2.35. The fourth-order valence-corrected chi connectivity index (χ4v) is 3.92. The number of para-hydroxylation sites is 1. The lowest BCUT2D eigenvalue weighted by Gasteiger charge is -2.09. The fourth-order valence-electron chi connectivity index (χ4n) is 3.45. The molecule has 1 aromatic heterocycles. The number of halogens is 1. The number of benzene rings is 4. The molecule has 1 nitrogen and oxygen atoms in total. The first-order chi connectivity index (χ1) is 12.8. The molecule has 0 unspecified atom stereocenters. The third-order valence-corrected chi connectivity index (χ3v) is 5.45. The van der Waals surface area contributed by atoms with Gasteiger partial charge in [-0.1, -0.05) is 76.6 Å². The lowest BCUT2D eigenvalue weighted by molar-refractivity contribution is 0.669. The van der Waals surface area contributed by atoms with Crippen LogP contribution in [0.1, 0.15) is 0 Å². The van der Waals surface area contributed by atoms with Gasteiger partial charge in [0, 0.05) is 15.2 Å². The van der Waals surface area contributed by atoms with E-state index in [1.54, 1.807) is 0 Å². The Bertz CT molecular complexity index is 1240. The molecule has 0 saturated carbocycles. The van der Waals surface area contributed by atoms with Gasteiger partial charge in [-0.25, -0.2) is 0 Å². The van der Waals surface area contributed by atoms with Crippen LogP contribution in [0.5, 0.6) is 0 Å². The molecule has 0 amide bonds. The Labute approximate surface area is 160 Å². The first-order valence-electron chi connectivity index (χ1n) is 8.56. The Morgan fingerprint density at radius 1 is 0.538 bits per heavy atom. The molecule has 0 N–H and O–H groups in total. The summed E-state index contributed by atoms with van der Waals surface area (Å²) in [6.45, 7) is 0. The highest BCUT2D eigenvalue weighted by molar-refractivity contribution is 9.10. The minimum Gasteiger partial charge on any atom is -0.456 e. The van der Waals surface area contributed by atoms with Crippen LogP contribution in [0.2, 0.25) is 0 Å². The van der Waals surface area contributed by atoms with Crippen molar-refractivity contribution in [1.29, 1.82) is 0 Å². The molecule has 0 saturated heterocycles. The third-order valence-electron chi connectivity index (χ3n) is 4.76. The fraction of sp³-hybridized carbons (Fsp3) is 0. The van der Waals surface area contributed by atoms with E-state index < -0.39 is 0 Å². The van der Waals surface area contributed by atoms with Crippen LogP contribution in [-0.2, 0) is 0 Å². The van der Waals surface area contributed by atoms with Crippen LogP contribution in [-0.4, -0.2) is 0 Å². The summed E-state index contributed by atoms with van der Waals surface area (Å²) >= 11 is 3.69. The molecule has 0 atom stereocenters. The van der Waals surface area contributed by atoms with Gasteiger partial charge in [-0.3, -0.25) is 0 Å². The maximum Gasteiger partial charge on any atom is 0.135 e. The van der Waals surface area contributed by atoms with Gasteiger partial charge in [-0.05, 0) is 52.6 Å². The van der Waals surface area contributed by atoms with Crippen LogP contribution >= 0.6 is 15.9 Å². The van der Waals surface area contributed by atoms with Crippen LogP contribution in [0.3, 0.4) is 0 Å². The molecule has 5 rings (SSSR count). The predicted molar refractivity (Wildman–Crippen MR) is 112 cm³/mol. The van der Waals surface area contributed by atoms with Crippen molar-refractivity contribution in [2.24, 2.45) is 0 Å². The molecule has 0 fully saturated rings. The van der Waals surface area contributed by atoms with E-state index in [1.165, 1.54) is 22.3 Å². The van der Waals surface area contributed by atoms with Gasteiger partial charge in [0.2, 0.25) is 0 Å². The monoisotopic (exact) mass is 398 g/mol. The molecule has 0 radical (unpaired) electrons. The summed E-state index contributed by atoms with van der Waals surface area (Å²) in [5.41, 5.74) is 6.64. The Morgan fingerprint density at radius 3 is 2.12 bits per heavy atom. The van der Waals surface area contributed by atoms with Gasteiger partial charge in [0.1, 0.15) is 11.2 Å². The summed E-state index contributed by atoms with van der Waals surface area (Å²) in [5.74, 6) is 0. The number of hydrogen-bond acceptors (Lipinski definition) is 1. The third kappa shape index (κ3) is 2.54. The Kier molecular flexibility index (Phi) is 3.65. The maximum absolute atomic E-state index is 5.95. The van der Waals surface area contributed by atoms with Crippen LogP contribution < -0.4 is 0 Å². The number of fused-ring (bicyclic) bond motifs is 3. The lowest BCUT2D eigenvalue weighted by Crippen LogP contribution is -1.83. The van der Waals surface area contributed by atoms with Crippen molar-refractivity contribution in [2.75, 3.05) is 0 Å². The van der Waals surface area contributed by atoms with E-state index in [1.807, 2.05) is 18.2 Å². The van der Waals surface area contributed by atoms with Crippen molar-refractivity contribution in [1.82, 2.24) is 0 Å². The summed E-state index contributed by atoms with van der Waals surface area (Å²) < 4.78 is 7.05. The van der Waals surface area contributed by atoms with Crippen molar-refractivity contribution in [2.45, 2.75) is 0 Å². The molecule has 124 valence electrons. The molecule has 4 aromatic carbocycles. The van der Waals surface area contributed by atoms with Crippen LogP contribution in [0.15, 0.2) is 99.9 Å². The van der Waals surface area contributed by atoms with Crippen molar-refractivity contribution in [3.05, 3.63) is 95.5 Å². The van der Waals surface area contributed by atoms with Gasteiger partial charge in [0.05, 0.1) is 0 Å². The smallest absolute Gasteiger partial charge is 0.135 e. The van der Waals surface area contributed by atoms with Crippen molar-refractivity contribution >= 4 is 37.9 Å². The molecule has 26 heavy (non-hydrogen) atoms. The molecule has 0 spiro atoms. The van der Waals surface area contributed by atoms with Gasteiger partial charge in [-0.2, -0.15) is 0 Å². The van der Waals surface area contributed by atoms with Crippen molar-refractivity contribution < 1.29 is 4.42 Å². The summed E-state index contributed by atoms with van der Waals surface area (Å²) in [7, 11) is 0. The van der Waals surface area contributed by atoms with Gasteiger partial charge in [0.15, 0.2) is 0 Å². The second kappa shape index (κ2) is 6.15. The summed E-state index contributed by atoms with van der Waals surface area (Å²) in [4.78, 5) is 0. The predicted octanol–water partition coefficient (Wildman–Crippen LogP) is 7.68. The molecule has 0 aliphatic carbocycles. The van der Waals surface area contributed by atoms with E-state index in [0.29, 0.717) is 0 Å². The Hall–Kier alpha value is -2.84. The molecule has 0 aliphatic rings. The molecule has 0 aliphatic heterocycles. The second-order valence-corrected chi connectivity index (χ2v) is 7.22. The molecule has 2 heteroatoms. The first-order valence-corrected chi connectivity index (χ1v) is 9.35. The first kappa shape index (κ1) is 15.4. The van der Waals surface area contributed by atoms with Gasteiger partial charge in [0.25, 0.3) is 0 Å². The van der Waals surface area contributed by atoms with E-state index in [-0.39, 0.29) is 0 Å². The van der Waals surface area contributed by atoms with Gasteiger partial charge >= 0.3 is 0 Å². The highest BCUT2D eigenvalue weighted by Gasteiger charge is 2.10. The summed E-state index contributed by atoms with van der Waals surface area (Å²) in [5, 5.41) is 2.31. The zero-order valence-electron chi connectivity index (χ0n) is 13.9. The van der Waals surface area contributed by atoms with Crippen molar-refractivity contribution in [3.63, 3.8) is 0 Å². The van der Waals surface area contributed by atoms with Gasteiger partial charge < -0.3 is 4.42 Å². The van der Waals surface area contributed by atoms with Crippen LogP contribution in [0, 0.1) is 0 Å². The average Bonchev–Trinajstić information content (AvgIpc) is 3.07. The largest absolute Gasteiger partial charge is 0.456 e. The zero-order chi connectivity index (χ0) is 17.5. The topological polar surface area (TPSA) is 13.1 Å². The average molecular weight is 399 g/mol. The number of furan rings is 1. The van der Waals surface area contributed by atoms with E-state index >= 15 is 0 Å². The van der Waals surface area contributed by atoms with Gasteiger partial charge in [-0.15, -0.1) is 0 Å². The van der Waals surface area contributed by atoms with E-state index in [9.17, 15) is 0 Å². The molecular weight excluding hydrogens is 384 g/mol. The van der Waals surface area contributed by atoms with E-state index in [4.69, 9.17) is 4.42 Å². The minimum absolute atomic E-state index is 0.926. The molecule has 1 heterocycles. The minimum atomic E-state index is 0.926. The Balaban J connectivity index is 1.69. The number of hydrogen-bond donors (Lipinski definition) is 0. The number of rotatable bonds is 2. The molecule has 0 bridgehead atoms. The summed E-state index contributed by atoms with van der Waals surface area (Å²) in [6, 6.07) is 31.6. The summed E-state index contributed by atoms with van der Waals surface area (Å²) in [6.07, 6.45) is 0. The maximum atomic E-state index is 5.95. The standard InChI is InChI=1S/C24H15BrO/c25-22-12-10-17(14-20(22)16-6-2-1-3-7-16)18-11-13-24-21(15-18)19-8-4-5-9-23(19)26-24/h1-15H. The lowest BCUT2D eigenvalue weighted by atomic mass is 9.98. The van der Waals surface area contributed by atoms with E-state index in [2.05, 4.69) is 88.7 Å². The quantitative estimate of drug-likeness (QED) is 0.297.